The zero-order valence-corrected chi connectivity index (χ0v) is 11.0. The number of nitrogens with zero attached hydrogens (tertiary/aromatic N) is 1. The van der Waals surface area contributed by atoms with Gasteiger partial charge in [-0.05, 0) is 38.8 Å². The van der Waals surface area contributed by atoms with Crippen LogP contribution < -0.4 is 0 Å². The van der Waals surface area contributed by atoms with Crippen LogP contribution in [0.4, 0.5) is 0 Å². The lowest BCUT2D eigenvalue weighted by atomic mass is 10.1. The summed E-state index contributed by atoms with van der Waals surface area (Å²) in [7, 11) is 4.30. The Kier molecular flexibility index (Phi) is 4.68. The van der Waals surface area contributed by atoms with Crippen molar-refractivity contribution in [3.63, 3.8) is 0 Å². The highest BCUT2D eigenvalue weighted by molar-refractivity contribution is 8.00. The Morgan fingerprint density at radius 3 is 2.27 bits per heavy atom. The number of hydrogen-bond donors (Lipinski definition) is 0. The Bertz CT molecular complexity index is 284. The van der Waals surface area contributed by atoms with Crippen molar-refractivity contribution < 1.29 is 0 Å². The van der Waals surface area contributed by atoms with Crippen molar-refractivity contribution in [1.29, 1.82) is 0 Å². The van der Waals surface area contributed by atoms with E-state index in [1.165, 1.54) is 17.7 Å². The predicted molar refractivity (Wildman–Crippen MR) is 70.2 cm³/mol. The lowest BCUT2D eigenvalue weighted by molar-refractivity contribution is 0.282. The van der Waals surface area contributed by atoms with Gasteiger partial charge in [0.15, 0.2) is 0 Å². The summed E-state index contributed by atoms with van der Waals surface area (Å²) < 4.78 is 0. The Balaban J connectivity index is 2.91. The molecule has 15 heavy (non-hydrogen) atoms. The van der Waals surface area contributed by atoms with E-state index in [0.29, 0.717) is 0 Å². The number of thioether (sulfide) groups is 1. The second kappa shape index (κ2) is 5.57. The van der Waals surface area contributed by atoms with Gasteiger partial charge in [0.25, 0.3) is 0 Å². The van der Waals surface area contributed by atoms with Crippen molar-refractivity contribution in [2.24, 2.45) is 0 Å². The van der Waals surface area contributed by atoms with E-state index in [-0.39, 0.29) is 4.87 Å². The second-order valence-electron chi connectivity index (χ2n) is 4.09. The third-order valence-corrected chi connectivity index (χ3v) is 4.53. The summed E-state index contributed by atoms with van der Waals surface area (Å²) >= 11 is 2.01. The molecule has 0 aliphatic rings. The van der Waals surface area contributed by atoms with Crippen molar-refractivity contribution >= 4 is 11.8 Å². The van der Waals surface area contributed by atoms with E-state index in [9.17, 15) is 0 Å². The topological polar surface area (TPSA) is 3.24 Å². The van der Waals surface area contributed by atoms with E-state index in [1.54, 1.807) is 0 Å². The van der Waals surface area contributed by atoms with Crippen molar-refractivity contribution in [3.8, 4) is 0 Å². The molecule has 0 N–H and O–H groups in total. The van der Waals surface area contributed by atoms with Crippen LogP contribution in [0, 0.1) is 0 Å². The fourth-order valence-corrected chi connectivity index (χ4v) is 2.68. The summed E-state index contributed by atoms with van der Waals surface area (Å²) in [5, 5.41) is 0. The maximum atomic E-state index is 2.29. The zero-order valence-electron chi connectivity index (χ0n) is 10.2. The highest BCUT2D eigenvalue weighted by atomic mass is 32.2. The average molecular weight is 223 g/mol. The van der Waals surface area contributed by atoms with Gasteiger partial charge in [-0.3, -0.25) is 4.90 Å². The second-order valence-corrected chi connectivity index (χ2v) is 5.58. The molecule has 1 aromatic rings. The maximum Gasteiger partial charge on any atom is 0.0892 e. The first-order valence-corrected chi connectivity index (χ1v) is 6.46. The largest absolute Gasteiger partial charge is 0.292 e. The van der Waals surface area contributed by atoms with Crippen LogP contribution in [0.25, 0.3) is 0 Å². The van der Waals surface area contributed by atoms with Crippen LogP contribution in [-0.2, 0) is 4.87 Å². The monoisotopic (exact) mass is 223 g/mol. The molecule has 1 nitrogen and oxygen atoms in total. The molecule has 0 aromatic heterocycles. The minimum Gasteiger partial charge on any atom is -0.292 e. The van der Waals surface area contributed by atoms with Crippen LogP contribution in [0.1, 0.15) is 25.8 Å². The summed E-state index contributed by atoms with van der Waals surface area (Å²) in [6.07, 6.45) is 1.22. The minimum absolute atomic E-state index is 0.0945. The van der Waals surface area contributed by atoms with Crippen LogP contribution in [0.5, 0.6) is 0 Å². The lowest BCUT2D eigenvalue weighted by Gasteiger charge is -2.36. The van der Waals surface area contributed by atoms with Gasteiger partial charge < -0.3 is 0 Å². The van der Waals surface area contributed by atoms with Gasteiger partial charge in [0.2, 0.25) is 0 Å². The summed E-state index contributed by atoms with van der Waals surface area (Å²) in [6.45, 7) is 4.52. The van der Waals surface area contributed by atoms with E-state index >= 15 is 0 Å². The molecule has 0 amide bonds. The Labute approximate surface area is 97.9 Å². The predicted octanol–water partition coefficient (Wildman–Crippen LogP) is 3.56. The zero-order chi connectivity index (χ0) is 11.3. The molecular weight excluding hydrogens is 202 g/mol. The molecular formula is C13H21NS. The average Bonchev–Trinajstić information content (AvgIpc) is 2.27. The first-order valence-electron chi connectivity index (χ1n) is 5.48. The van der Waals surface area contributed by atoms with Gasteiger partial charge >= 0.3 is 0 Å². The number of rotatable bonds is 5. The summed E-state index contributed by atoms with van der Waals surface area (Å²) in [5.74, 6) is 1.20. The van der Waals surface area contributed by atoms with Crippen molar-refractivity contribution in [2.75, 3.05) is 19.8 Å². The molecule has 0 aliphatic carbocycles. The molecule has 1 rings (SSSR count). The summed E-state index contributed by atoms with van der Waals surface area (Å²) in [6, 6.07) is 10.7. The van der Waals surface area contributed by atoms with Gasteiger partial charge in [0.05, 0.1) is 4.87 Å². The molecule has 1 unspecified atom stereocenters. The van der Waals surface area contributed by atoms with Gasteiger partial charge in [0.1, 0.15) is 0 Å². The standard InChI is InChI=1S/C13H21NS/c1-5-11-15-13(2,14(3)4)12-9-7-6-8-10-12/h6-10H,5,11H2,1-4H3. The van der Waals surface area contributed by atoms with Gasteiger partial charge in [-0.25, -0.2) is 0 Å². The Morgan fingerprint density at radius 1 is 1.20 bits per heavy atom. The normalized spacial score (nSPS) is 15.3. The highest BCUT2D eigenvalue weighted by Gasteiger charge is 2.28. The number of hydrogen-bond acceptors (Lipinski definition) is 2. The van der Waals surface area contributed by atoms with Crippen molar-refractivity contribution in [2.45, 2.75) is 25.1 Å². The third-order valence-electron chi connectivity index (χ3n) is 2.75. The molecule has 0 aliphatic heterocycles. The van der Waals surface area contributed by atoms with E-state index in [4.69, 9.17) is 0 Å². The molecule has 0 saturated heterocycles. The SMILES string of the molecule is CCCSC(C)(c1ccccc1)N(C)C. The molecule has 0 saturated carbocycles. The van der Waals surface area contributed by atoms with E-state index in [0.717, 1.165) is 0 Å². The quantitative estimate of drug-likeness (QED) is 0.702. The Hall–Kier alpha value is -0.470. The molecule has 0 bridgehead atoms. The minimum atomic E-state index is 0.0945. The lowest BCUT2D eigenvalue weighted by Crippen LogP contribution is -2.35. The fourth-order valence-electron chi connectivity index (χ4n) is 1.52. The van der Waals surface area contributed by atoms with E-state index < -0.39 is 0 Å². The first-order chi connectivity index (χ1) is 7.11. The molecule has 0 fully saturated rings. The smallest absolute Gasteiger partial charge is 0.0892 e. The number of benzene rings is 1. The van der Waals surface area contributed by atoms with Crippen LogP contribution in [0.3, 0.4) is 0 Å². The highest BCUT2D eigenvalue weighted by Crippen LogP contribution is 2.37. The maximum absolute atomic E-state index is 2.29. The third kappa shape index (κ3) is 2.99. The molecule has 1 aromatic carbocycles. The fraction of sp³-hybridized carbons (Fsp3) is 0.538. The van der Waals surface area contributed by atoms with Gasteiger partial charge in [-0.1, -0.05) is 37.3 Å². The van der Waals surface area contributed by atoms with Crippen molar-refractivity contribution in [1.82, 2.24) is 4.90 Å². The molecule has 2 heteroatoms. The van der Waals surface area contributed by atoms with Gasteiger partial charge in [-0.2, -0.15) is 0 Å². The van der Waals surface area contributed by atoms with Crippen LogP contribution >= 0.6 is 11.8 Å². The summed E-state index contributed by atoms with van der Waals surface area (Å²) in [4.78, 5) is 2.39. The Morgan fingerprint density at radius 2 is 1.80 bits per heavy atom. The van der Waals surface area contributed by atoms with E-state index in [1.807, 2.05) is 11.8 Å². The molecule has 0 spiro atoms. The molecule has 1 atom stereocenters. The molecule has 0 radical (unpaired) electrons. The molecule has 0 heterocycles. The first kappa shape index (κ1) is 12.6. The summed E-state index contributed by atoms with van der Waals surface area (Å²) in [5.41, 5.74) is 1.38. The van der Waals surface area contributed by atoms with Gasteiger partial charge in [0, 0.05) is 0 Å². The van der Waals surface area contributed by atoms with Crippen LogP contribution in [0.2, 0.25) is 0 Å². The molecule has 84 valence electrons. The van der Waals surface area contributed by atoms with Crippen LogP contribution in [-0.4, -0.2) is 24.7 Å². The van der Waals surface area contributed by atoms with E-state index in [2.05, 4.69) is 63.2 Å². The van der Waals surface area contributed by atoms with Crippen molar-refractivity contribution in [3.05, 3.63) is 35.9 Å². The van der Waals surface area contributed by atoms with Crippen LogP contribution in [0.15, 0.2) is 30.3 Å². The van der Waals surface area contributed by atoms with Gasteiger partial charge in [-0.15, -0.1) is 11.8 Å².